The molecule has 0 aliphatic carbocycles. The maximum absolute atomic E-state index is 12.9. The van der Waals surface area contributed by atoms with Crippen molar-refractivity contribution in [2.75, 3.05) is 25.3 Å². The van der Waals surface area contributed by atoms with Crippen LogP contribution >= 0.6 is 11.8 Å². The number of fused-ring (bicyclic) bond motifs is 2. The number of aryl methyl sites for hydroxylation is 1. The van der Waals surface area contributed by atoms with Crippen LogP contribution in [0.3, 0.4) is 0 Å². The minimum absolute atomic E-state index is 0.110. The second kappa shape index (κ2) is 11.1. The number of hydrogen-bond acceptors (Lipinski definition) is 9. The number of aliphatic hydroxyl groups is 1. The van der Waals surface area contributed by atoms with Gasteiger partial charge in [-0.1, -0.05) is 23.9 Å². The SMILES string of the molecule is COc1ccc(-c2nc3c(c(SCC(=O)Nc4ccccc4OC)n2)Cc2c(CO)cnc(C)c2O3)cc1. The zero-order valence-corrected chi connectivity index (χ0v) is 22.0. The van der Waals surface area contributed by atoms with Crippen molar-refractivity contribution < 1.29 is 24.1 Å². The van der Waals surface area contributed by atoms with Gasteiger partial charge in [-0.25, -0.2) is 4.98 Å². The summed E-state index contributed by atoms with van der Waals surface area (Å²) in [7, 11) is 3.17. The Bertz CT molecular complexity index is 1490. The molecule has 1 aliphatic rings. The van der Waals surface area contributed by atoms with Crippen molar-refractivity contribution in [3.8, 4) is 34.5 Å². The Morgan fingerprint density at radius 1 is 1.08 bits per heavy atom. The van der Waals surface area contributed by atoms with E-state index in [4.69, 9.17) is 24.2 Å². The first-order chi connectivity index (χ1) is 18.5. The lowest BCUT2D eigenvalue weighted by Gasteiger charge is -2.24. The van der Waals surface area contributed by atoms with E-state index in [-0.39, 0.29) is 18.3 Å². The number of aliphatic hydroxyl groups excluding tert-OH is 1. The summed E-state index contributed by atoms with van der Waals surface area (Å²) in [6.45, 7) is 1.69. The fourth-order valence-electron chi connectivity index (χ4n) is 4.15. The largest absolute Gasteiger partial charge is 0.497 e. The number of ether oxygens (including phenoxy) is 3. The number of nitrogens with one attached hydrogen (secondary N) is 1. The third-order valence-electron chi connectivity index (χ3n) is 6.13. The number of hydrogen-bond donors (Lipinski definition) is 2. The Morgan fingerprint density at radius 3 is 2.61 bits per heavy atom. The highest BCUT2D eigenvalue weighted by atomic mass is 32.2. The Kier molecular flexibility index (Phi) is 7.43. The van der Waals surface area contributed by atoms with Crippen molar-refractivity contribution in [2.45, 2.75) is 25.0 Å². The number of para-hydroxylation sites is 2. The smallest absolute Gasteiger partial charge is 0.234 e. The number of rotatable bonds is 8. The molecule has 0 radical (unpaired) electrons. The van der Waals surface area contributed by atoms with Gasteiger partial charge < -0.3 is 24.6 Å². The minimum Gasteiger partial charge on any atom is -0.497 e. The molecule has 194 valence electrons. The molecule has 2 N–H and O–H groups in total. The average molecular weight is 531 g/mol. The van der Waals surface area contributed by atoms with Gasteiger partial charge in [0.15, 0.2) is 11.6 Å². The van der Waals surface area contributed by atoms with Crippen LogP contribution in [0, 0.1) is 6.92 Å². The summed E-state index contributed by atoms with van der Waals surface area (Å²) in [5.74, 6) is 2.67. The topological polar surface area (TPSA) is 116 Å². The van der Waals surface area contributed by atoms with Crippen LogP contribution in [-0.2, 0) is 17.8 Å². The van der Waals surface area contributed by atoms with Crippen molar-refractivity contribution >= 4 is 23.4 Å². The number of anilines is 1. The van der Waals surface area contributed by atoms with Crippen molar-refractivity contribution in [2.24, 2.45) is 0 Å². The van der Waals surface area contributed by atoms with E-state index in [1.165, 1.54) is 11.8 Å². The van der Waals surface area contributed by atoms with Crippen LogP contribution in [0.2, 0.25) is 0 Å². The van der Waals surface area contributed by atoms with Crippen molar-refractivity contribution in [3.63, 3.8) is 0 Å². The summed E-state index contributed by atoms with van der Waals surface area (Å²) in [5, 5.41) is 13.4. The number of benzene rings is 2. The molecule has 1 aliphatic heterocycles. The van der Waals surface area contributed by atoms with E-state index in [1.54, 1.807) is 32.5 Å². The van der Waals surface area contributed by atoms with Gasteiger partial charge in [-0.15, -0.1) is 0 Å². The van der Waals surface area contributed by atoms with Crippen LogP contribution in [0.1, 0.15) is 22.4 Å². The van der Waals surface area contributed by atoms with E-state index in [1.807, 2.05) is 43.3 Å². The lowest BCUT2D eigenvalue weighted by Crippen LogP contribution is -2.16. The Morgan fingerprint density at radius 2 is 1.87 bits per heavy atom. The average Bonchev–Trinajstić information content (AvgIpc) is 2.95. The molecule has 1 amide bonds. The normalized spacial score (nSPS) is 11.7. The molecule has 0 bridgehead atoms. The highest BCUT2D eigenvalue weighted by Crippen LogP contribution is 2.42. The lowest BCUT2D eigenvalue weighted by atomic mass is 9.99. The van der Waals surface area contributed by atoms with E-state index < -0.39 is 0 Å². The van der Waals surface area contributed by atoms with Crippen LogP contribution in [0.25, 0.3) is 11.4 Å². The Labute approximate surface area is 224 Å². The van der Waals surface area contributed by atoms with Crippen LogP contribution < -0.4 is 19.5 Å². The third-order valence-corrected chi connectivity index (χ3v) is 7.15. The predicted octanol–water partition coefficient (Wildman–Crippen LogP) is 4.78. The van der Waals surface area contributed by atoms with Gasteiger partial charge in [0.05, 0.1) is 43.5 Å². The molecule has 5 rings (SSSR count). The first-order valence-corrected chi connectivity index (χ1v) is 12.9. The number of pyridine rings is 1. The lowest BCUT2D eigenvalue weighted by molar-refractivity contribution is -0.113. The molecule has 0 saturated carbocycles. The second-order valence-electron chi connectivity index (χ2n) is 8.52. The van der Waals surface area contributed by atoms with Crippen LogP contribution in [0.4, 0.5) is 5.69 Å². The summed E-state index contributed by atoms with van der Waals surface area (Å²) in [6, 6.07) is 14.7. The quantitative estimate of drug-likeness (QED) is 0.216. The number of carbonyl (C=O) groups is 1. The van der Waals surface area contributed by atoms with Gasteiger partial charge >= 0.3 is 0 Å². The predicted molar refractivity (Wildman–Crippen MR) is 144 cm³/mol. The van der Waals surface area contributed by atoms with Crippen molar-refractivity contribution in [1.29, 1.82) is 0 Å². The first kappa shape index (κ1) is 25.5. The molecular formula is C28H26N4O5S. The highest BCUT2D eigenvalue weighted by Gasteiger charge is 2.28. The molecule has 4 aromatic rings. The van der Waals surface area contributed by atoms with E-state index in [0.29, 0.717) is 51.6 Å². The molecule has 38 heavy (non-hydrogen) atoms. The molecule has 2 aromatic heterocycles. The molecule has 0 saturated heterocycles. The molecule has 0 spiro atoms. The summed E-state index contributed by atoms with van der Waals surface area (Å²) in [6.07, 6.45) is 2.10. The van der Waals surface area contributed by atoms with E-state index in [0.717, 1.165) is 22.4 Å². The van der Waals surface area contributed by atoms with Gasteiger partial charge in [-0.2, -0.15) is 4.98 Å². The fourth-order valence-corrected chi connectivity index (χ4v) is 4.98. The molecule has 0 fully saturated rings. The number of methoxy groups -OCH3 is 2. The Hall–Kier alpha value is -4.15. The molecule has 3 heterocycles. The maximum Gasteiger partial charge on any atom is 0.234 e. The van der Waals surface area contributed by atoms with Crippen LogP contribution in [-0.4, -0.2) is 45.9 Å². The number of amides is 1. The van der Waals surface area contributed by atoms with Crippen LogP contribution in [0.5, 0.6) is 23.1 Å². The summed E-state index contributed by atoms with van der Waals surface area (Å²) in [5.41, 5.74) is 4.36. The van der Waals surface area contributed by atoms with Gasteiger partial charge in [0.2, 0.25) is 11.8 Å². The van der Waals surface area contributed by atoms with Gasteiger partial charge in [0.25, 0.3) is 0 Å². The maximum atomic E-state index is 12.9. The van der Waals surface area contributed by atoms with E-state index >= 15 is 0 Å². The van der Waals surface area contributed by atoms with Gasteiger partial charge in [0, 0.05) is 29.3 Å². The zero-order chi connectivity index (χ0) is 26.6. The van der Waals surface area contributed by atoms with Gasteiger partial charge in [-0.05, 0) is 43.3 Å². The molecule has 0 atom stereocenters. The highest BCUT2D eigenvalue weighted by molar-refractivity contribution is 8.00. The number of thioether (sulfide) groups is 1. The summed E-state index contributed by atoms with van der Waals surface area (Å²) in [4.78, 5) is 26.8. The number of aromatic nitrogens is 3. The summed E-state index contributed by atoms with van der Waals surface area (Å²) >= 11 is 1.30. The molecule has 10 heteroatoms. The monoisotopic (exact) mass is 530 g/mol. The summed E-state index contributed by atoms with van der Waals surface area (Å²) < 4.78 is 16.9. The van der Waals surface area contributed by atoms with Crippen LogP contribution in [0.15, 0.2) is 59.8 Å². The molecular weight excluding hydrogens is 504 g/mol. The fraction of sp³-hybridized carbons (Fsp3) is 0.214. The molecule has 2 aromatic carbocycles. The second-order valence-corrected chi connectivity index (χ2v) is 9.48. The Balaban J connectivity index is 1.49. The first-order valence-electron chi connectivity index (χ1n) is 11.9. The van der Waals surface area contributed by atoms with Gasteiger partial charge in [0.1, 0.15) is 16.5 Å². The number of carbonyl (C=O) groups excluding carboxylic acids is 1. The van der Waals surface area contributed by atoms with Crippen molar-refractivity contribution in [3.05, 3.63) is 77.1 Å². The number of nitrogens with zero attached hydrogens (tertiary/aromatic N) is 3. The van der Waals surface area contributed by atoms with E-state index in [2.05, 4.69) is 10.3 Å². The third kappa shape index (κ3) is 5.13. The molecule has 9 nitrogen and oxygen atoms in total. The van der Waals surface area contributed by atoms with E-state index in [9.17, 15) is 9.90 Å². The van der Waals surface area contributed by atoms with Crippen molar-refractivity contribution in [1.82, 2.24) is 15.0 Å². The zero-order valence-electron chi connectivity index (χ0n) is 21.1. The standard InChI is InChI=1S/C28H26N4O5S/c1-16-25-20(18(14-33)13-29-16)12-21-27(37-25)31-26(17-8-10-19(35-2)11-9-17)32-28(21)38-15-24(34)30-22-6-4-5-7-23(22)36-3/h4-11,13,33H,12,14-15H2,1-3H3,(H,30,34). The molecule has 0 unspecified atom stereocenters. The van der Waals surface area contributed by atoms with Gasteiger partial charge in [-0.3, -0.25) is 9.78 Å². The minimum atomic E-state index is -0.203.